The molecular weight excluding hydrogens is 333 g/mol. The van der Waals surface area contributed by atoms with Crippen LogP contribution in [0.1, 0.15) is 30.0 Å². The van der Waals surface area contributed by atoms with Crippen molar-refractivity contribution in [2.24, 2.45) is 0 Å². The van der Waals surface area contributed by atoms with Crippen LogP contribution in [0.25, 0.3) is 0 Å². The van der Waals surface area contributed by atoms with Gasteiger partial charge in [-0.2, -0.15) is 13.2 Å². The Balaban J connectivity index is 1.80. The molecule has 0 aliphatic carbocycles. The van der Waals surface area contributed by atoms with E-state index in [1.54, 1.807) is 12.1 Å². The fraction of sp³-hybridized carbons (Fsp3) is 0.278. The first-order chi connectivity index (χ1) is 11.9. The fourth-order valence-corrected chi connectivity index (χ4v) is 3.08. The first-order valence-corrected chi connectivity index (χ1v) is 7.89. The largest absolute Gasteiger partial charge is 0.508 e. The third kappa shape index (κ3) is 3.70. The lowest BCUT2D eigenvalue weighted by molar-refractivity contribution is -0.136. The third-order valence-corrected chi connectivity index (χ3v) is 4.27. The van der Waals surface area contributed by atoms with E-state index in [0.29, 0.717) is 6.54 Å². The molecule has 2 amide bonds. The molecule has 0 saturated carbocycles. The van der Waals surface area contributed by atoms with Gasteiger partial charge in [0.25, 0.3) is 0 Å². The van der Waals surface area contributed by atoms with Gasteiger partial charge in [-0.1, -0.05) is 24.3 Å². The third-order valence-electron chi connectivity index (χ3n) is 4.27. The minimum Gasteiger partial charge on any atom is -0.508 e. The van der Waals surface area contributed by atoms with Gasteiger partial charge in [-0.25, -0.2) is 4.79 Å². The highest BCUT2D eigenvalue weighted by molar-refractivity contribution is 5.90. The highest BCUT2D eigenvalue weighted by Gasteiger charge is 2.35. The summed E-state index contributed by atoms with van der Waals surface area (Å²) in [4.78, 5) is 14.1. The van der Waals surface area contributed by atoms with Gasteiger partial charge in [-0.15, -0.1) is 0 Å². The number of amides is 2. The average molecular weight is 350 g/mol. The monoisotopic (exact) mass is 350 g/mol. The normalized spacial score (nSPS) is 17.6. The molecule has 0 radical (unpaired) electrons. The summed E-state index contributed by atoms with van der Waals surface area (Å²) in [5, 5.41) is 11.8. The maximum atomic E-state index is 13.1. The van der Waals surface area contributed by atoms with Crippen molar-refractivity contribution < 1.29 is 23.1 Å². The smallest absolute Gasteiger partial charge is 0.418 e. The molecule has 1 heterocycles. The standard InChI is InChI=1S/C18H17F3N2O2/c19-18(20,21)14-4-1-2-5-15(14)22-17(25)23-11-3-6-16(23)12-7-9-13(24)10-8-12/h1-2,4-5,7-10,16,24H,3,6,11H2,(H,22,25). The molecule has 1 aliphatic heterocycles. The number of urea groups is 1. The lowest BCUT2D eigenvalue weighted by Crippen LogP contribution is -2.35. The van der Waals surface area contributed by atoms with Crippen molar-refractivity contribution in [3.8, 4) is 5.75 Å². The molecule has 0 bridgehead atoms. The summed E-state index contributed by atoms with van der Waals surface area (Å²) in [6, 6.07) is 10.6. The number of phenols is 1. The molecule has 4 nitrogen and oxygen atoms in total. The number of aromatic hydroxyl groups is 1. The van der Waals surface area contributed by atoms with Crippen molar-refractivity contribution in [3.05, 3.63) is 59.7 Å². The van der Waals surface area contributed by atoms with Gasteiger partial charge in [0, 0.05) is 6.54 Å². The van der Waals surface area contributed by atoms with Crippen LogP contribution in [-0.2, 0) is 6.18 Å². The average Bonchev–Trinajstić information content (AvgIpc) is 3.05. The number of hydrogen-bond acceptors (Lipinski definition) is 2. The van der Waals surface area contributed by atoms with E-state index in [0.717, 1.165) is 24.5 Å². The number of rotatable bonds is 2. The van der Waals surface area contributed by atoms with Crippen LogP contribution in [0.2, 0.25) is 0 Å². The Bertz CT molecular complexity index is 760. The molecule has 1 saturated heterocycles. The van der Waals surface area contributed by atoms with Gasteiger partial charge in [0.15, 0.2) is 0 Å². The number of carbonyl (C=O) groups excluding carboxylic acids is 1. The minimum absolute atomic E-state index is 0.122. The number of anilines is 1. The van der Waals surface area contributed by atoms with E-state index in [9.17, 15) is 23.1 Å². The fourth-order valence-electron chi connectivity index (χ4n) is 3.08. The zero-order valence-corrected chi connectivity index (χ0v) is 13.3. The molecule has 1 aliphatic rings. The summed E-state index contributed by atoms with van der Waals surface area (Å²) in [7, 11) is 0. The number of phenolic OH excluding ortho intramolecular Hbond substituents is 1. The molecule has 2 aromatic rings. The van der Waals surface area contributed by atoms with E-state index >= 15 is 0 Å². The van der Waals surface area contributed by atoms with Crippen molar-refractivity contribution in [2.45, 2.75) is 25.1 Å². The Morgan fingerprint density at radius 3 is 2.48 bits per heavy atom. The molecular formula is C18H17F3N2O2. The van der Waals surface area contributed by atoms with Gasteiger partial charge in [0.2, 0.25) is 0 Å². The van der Waals surface area contributed by atoms with E-state index in [2.05, 4.69) is 5.32 Å². The molecule has 1 atom stereocenters. The summed E-state index contributed by atoms with van der Waals surface area (Å²) >= 11 is 0. The van der Waals surface area contributed by atoms with E-state index in [-0.39, 0.29) is 17.5 Å². The molecule has 132 valence electrons. The van der Waals surface area contributed by atoms with Crippen LogP contribution in [-0.4, -0.2) is 22.6 Å². The highest BCUT2D eigenvalue weighted by Crippen LogP contribution is 2.36. The molecule has 2 aromatic carbocycles. The maximum Gasteiger partial charge on any atom is 0.418 e. The van der Waals surface area contributed by atoms with Crippen molar-refractivity contribution in [1.82, 2.24) is 4.90 Å². The van der Waals surface area contributed by atoms with Crippen molar-refractivity contribution in [1.29, 1.82) is 0 Å². The van der Waals surface area contributed by atoms with Crippen LogP contribution in [0.4, 0.5) is 23.7 Å². The summed E-state index contributed by atoms with van der Waals surface area (Å²) < 4.78 is 39.2. The second kappa shape index (κ2) is 6.66. The zero-order chi connectivity index (χ0) is 18.0. The Morgan fingerprint density at radius 1 is 1.12 bits per heavy atom. The van der Waals surface area contributed by atoms with E-state index in [1.807, 2.05) is 0 Å². The number of carbonyl (C=O) groups is 1. The van der Waals surface area contributed by atoms with E-state index in [4.69, 9.17) is 0 Å². The van der Waals surface area contributed by atoms with Crippen LogP contribution in [0.15, 0.2) is 48.5 Å². The lowest BCUT2D eigenvalue weighted by Gasteiger charge is -2.26. The molecule has 25 heavy (non-hydrogen) atoms. The SMILES string of the molecule is O=C(Nc1ccccc1C(F)(F)F)N1CCCC1c1ccc(O)cc1. The van der Waals surface area contributed by atoms with Gasteiger partial charge in [-0.05, 0) is 42.7 Å². The van der Waals surface area contributed by atoms with Crippen LogP contribution in [0, 0.1) is 0 Å². The first kappa shape index (κ1) is 17.1. The Labute approximate surface area is 142 Å². The number of nitrogens with zero attached hydrogens (tertiary/aromatic N) is 1. The topological polar surface area (TPSA) is 52.6 Å². The van der Waals surface area contributed by atoms with Crippen molar-refractivity contribution in [2.75, 3.05) is 11.9 Å². The lowest BCUT2D eigenvalue weighted by atomic mass is 10.0. The first-order valence-electron chi connectivity index (χ1n) is 7.89. The molecule has 3 rings (SSSR count). The number of likely N-dealkylation sites (tertiary alicyclic amines) is 1. The van der Waals surface area contributed by atoms with Crippen molar-refractivity contribution >= 4 is 11.7 Å². The number of nitrogens with one attached hydrogen (secondary N) is 1. The van der Waals surface area contributed by atoms with Crippen LogP contribution >= 0.6 is 0 Å². The minimum atomic E-state index is -4.54. The molecule has 1 unspecified atom stereocenters. The van der Waals surface area contributed by atoms with Crippen LogP contribution in [0.3, 0.4) is 0 Å². The van der Waals surface area contributed by atoms with Gasteiger partial charge >= 0.3 is 12.2 Å². The quantitative estimate of drug-likeness (QED) is 0.819. The van der Waals surface area contributed by atoms with Crippen molar-refractivity contribution in [3.63, 3.8) is 0 Å². The second-order valence-corrected chi connectivity index (χ2v) is 5.92. The predicted octanol–water partition coefficient (Wildman–Crippen LogP) is 4.78. The number of halogens is 3. The van der Waals surface area contributed by atoms with Gasteiger partial charge < -0.3 is 15.3 Å². The summed E-state index contributed by atoms with van der Waals surface area (Å²) in [5.74, 6) is 0.122. The highest BCUT2D eigenvalue weighted by atomic mass is 19.4. The summed E-state index contributed by atoms with van der Waals surface area (Å²) in [6.45, 7) is 0.464. The zero-order valence-electron chi connectivity index (χ0n) is 13.3. The van der Waals surface area contributed by atoms with Gasteiger partial charge in [-0.3, -0.25) is 0 Å². The second-order valence-electron chi connectivity index (χ2n) is 5.92. The Hall–Kier alpha value is -2.70. The summed E-state index contributed by atoms with van der Waals surface area (Å²) in [6.07, 6.45) is -3.05. The van der Waals surface area contributed by atoms with Gasteiger partial charge in [0.1, 0.15) is 5.75 Å². The molecule has 2 N–H and O–H groups in total. The number of alkyl halides is 3. The predicted molar refractivity (Wildman–Crippen MR) is 87.3 cm³/mol. The Kier molecular flexibility index (Phi) is 4.57. The van der Waals surface area contributed by atoms with E-state index in [1.165, 1.54) is 35.2 Å². The molecule has 1 fully saturated rings. The maximum absolute atomic E-state index is 13.1. The number of hydrogen-bond donors (Lipinski definition) is 2. The van der Waals surface area contributed by atoms with E-state index < -0.39 is 17.8 Å². The summed E-state index contributed by atoms with van der Waals surface area (Å²) in [5.41, 5.74) is -0.283. The number of para-hydroxylation sites is 1. The Morgan fingerprint density at radius 2 is 1.80 bits per heavy atom. The van der Waals surface area contributed by atoms with Gasteiger partial charge in [0.05, 0.1) is 17.3 Å². The number of benzene rings is 2. The van der Waals surface area contributed by atoms with Crippen LogP contribution < -0.4 is 5.32 Å². The molecule has 0 spiro atoms. The van der Waals surface area contributed by atoms with Crippen LogP contribution in [0.5, 0.6) is 5.75 Å². The molecule has 0 aromatic heterocycles. The molecule has 7 heteroatoms.